The summed E-state index contributed by atoms with van der Waals surface area (Å²) in [6.45, 7) is 3.99. The predicted octanol–water partition coefficient (Wildman–Crippen LogP) is 6.40. The number of para-hydroxylation sites is 1. The van der Waals surface area contributed by atoms with Crippen LogP contribution in [0.25, 0.3) is 22.2 Å². The van der Waals surface area contributed by atoms with Gasteiger partial charge in [0.15, 0.2) is 5.82 Å². The zero-order chi connectivity index (χ0) is 23.9. The highest BCUT2D eigenvalue weighted by Gasteiger charge is 2.36. The Bertz CT molecular complexity index is 1590. The van der Waals surface area contributed by atoms with E-state index in [1.807, 2.05) is 66.2 Å². The fourth-order valence-electron chi connectivity index (χ4n) is 4.61. The van der Waals surface area contributed by atoms with Gasteiger partial charge in [-0.1, -0.05) is 60.7 Å². The first-order chi connectivity index (χ1) is 17.1. The van der Waals surface area contributed by atoms with Crippen LogP contribution in [0, 0.1) is 6.92 Å². The highest BCUT2D eigenvalue weighted by Crippen LogP contribution is 2.40. The lowest BCUT2D eigenvalue weighted by atomic mass is 9.99. The molecule has 3 aromatic carbocycles. The van der Waals surface area contributed by atoms with E-state index in [9.17, 15) is 4.79 Å². The number of allylic oxidation sites excluding steroid dienone is 1. The fourth-order valence-corrected chi connectivity index (χ4v) is 5.63. The highest BCUT2D eigenvalue weighted by atomic mass is 32.1. The summed E-state index contributed by atoms with van der Waals surface area (Å²) in [7, 11) is 0. The predicted molar refractivity (Wildman–Crippen MR) is 142 cm³/mol. The minimum Gasteiger partial charge on any atom is -0.328 e. The van der Waals surface area contributed by atoms with Gasteiger partial charge in [-0.15, -0.1) is 16.4 Å². The number of carbonyl (C=O) groups excluding carboxylic acids is 1. The Labute approximate surface area is 207 Å². The maximum atomic E-state index is 13.6. The van der Waals surface area contributed by atoms with E-state index in [1.165, 1.54) is 0 Å². The van der Waals surface area contributed by atoms with E-state index in [0.29, 0.717) is 17.3 Å². The van der Waals surface area contributed by atoms with Gasteiger partial charge >= 0.3 is 0 Å². The van der Waals surface area contributed by atoms with Gasteiger partial charge in [-0.3, -0.25) is 4.79 Å². The third-order valence-electron chi connectivity index (χ3n) is 6.31. The minimum absolute atomic E-state index is 0.160. The van der Waals surface area contributed by atoms with E-state index in [4.69, 9.17) is 10.1 Å². The van der Waals surface area contributed by atoms with Gasteiger partial charge in [0.1, 0.15) is 6.04 Å². The molecule has 1 unspecified atom stereocenters. The number of aryl methyl sites for hydroxylation is 1. The number of amides is 1. The number of hydrogen-bond donors (Lipinski definition) is 2. The number of nitrogens with zero attached hydrogens (tertiary/aromatic N) is 3. The molecule has 0 radical (unpaired) electrons. The van der Waals surface area contributed by atoms with Gasteiger partial charge in [0, 0.05) is 21.8 Å². The van der Waals surface area contributed by atoms with Crippen LogP contribution in [0.4, 0.5) is 11.6 Å². The Morgan fingerprint density at radius 3 is 2.54 bits per heavy atom. The molecule has 1 amide bonds. The van der Waals surface area contributed by atoms with Crippen molar-refractivity contribution in [2.24, 2.45) is 0 Å². The second kappa shape index (κ2) is 8.52. The smallest absolute Gasteiger partial charge is 0.255 e. The zero-order valence-corrected chi connectivity index (χ0v) is 20.1. The summed E-state index contributed by atoms with van der Waals surface area (Å²) < 4.78 is 1.85. The Hall–Kier alpha value is -4.23. The summed E-state index contributed by atoms with van der Waals surface area (Å²) in [5.41, 5.74) is 4.22. The third-order valence-corrected chi connectivity index (χ3v) is 7.38. The van der Waals surface area contributed by atoms with Gasteiger partial charge in [0.05, 0.1) is 5.57 Å². The van der Waals surface area contributed by atoms with E-state index < -0.39 is 0 Å². The highest BCUT2D eigenvalue weighted by molar-refractivity contribution is 7.10. The molecule has 1 aliphatic heterocycles. The molecule has 5 aromatic rings. The average Bonchev–Trinajstić information content (AvgIpc) is 3.49. The average molecular weight is 478 g/mol. The van der Waals surface area contributed by atoms with Gasteiger partial charge in [-0.25, -0.2) is 4.68 Å². The number of anilines is 2. The van der Waals surface area contributed by atoms with Gasteiger partial charge in [0.2, 0.25) is 5.95 Å². The van der Waals surface area contributed by atoms with Crippen molar-refractivity contribution in [3.05, 3.63) is 106 Å². The van der Waals surface area contributed by atoms with E-state index in [1.54, 1.807) is 11.3 Å². The molecule has 0 bridgehead atoms. The van der Waals surface area contributed by atoms with Crippen molar-refractivity contribution in [2.45, 2.75) is 19.9 Å². The second-order valence-corrected chi connectivity index (χ2v) is 9.53. The summed E-state index contributed by atoms with van der Waals surface area (Å²) in [5, 5.41) is 15.6. The van der Waals surface area contributed by atoms with Crippen LogP contribution in [0.2, 0.25) is 0 Å². The maximum absolute atomic E-state index is 13.6. The number of nitrogens with one attached hydrogen (secondary N) is 2. The molecule has 6 nitrogen and oxygen atoms in total. The van der Waals surface area contributed by atoms with Crippen molar-refractivity contribution < 1.29 is 4.79 Å². The first-order valence-electron chi connectivity index (χ1n) is 11.4. The van der Waals surface area contributed by atoms with Crippen LogP contribution in [0.1, 0.15) is 23.4 Å². The molecule has 3 heterocycles. The molecule has 35 heavy (non-hydrogen) atoms. The normalized spacial score (nSPS) is 15.1. The van der Waals surface area contributed by atoms with Crippen LogP contribution < -0.4 is 10.6 Å². The molecule has 0 fully saturated rings. The summed E-state index contributed by atoms with van der Waals surface area (Å²) in [6.07, 6.45) is 0. The number of fused-ring (bicyclic) bond motifs is 2. The van der Waals surface area contributed by atoms with Crippen molar-refractivity contribution >= 4 is 39.7 Å². The molecular formula is C28H23N5OS. The van der Waals surface area contributed by atoms with Crippen LogP contribution in [-0.4, -0.2) is 20.7 Å². The summed E-state index contributed by atoms with van der Waals surface area (Å²) >= 11 is 1.63. The summed E-state index contributed by atoms with van der Waals surface area (Å²) in [5.74, 6) is 1.09. The van der Waals surface area contributed by atoms with E-state index in [2.05, 4.69) is 47.2 Å². The molecule has 0 saturated heterocycles. The first kappa shape index (κ1) is 21.3. The fraction of sp³-hybridized carbons (Fsp3) is 0.107. The molecular weight excluding hydrogens is 454 g/mol. The van der Waals surface area contributed by atoms with E-state index in [0.717, 1.165) is 38.2 Å². The van der Waals surface area contributed by atoms with Crippen LogP contribution in [-0.2, 0) is 4.79 Å². The Kier molecular flexibility index (Phi) is 5.19. The summed E-state index contributed by atoms with van der Waals surface area (Å²) in [6, 6.07) is 25.6. The Morgan fingerprint density at radius 1 is 0.971 bits per heavy atom. The van der Waals surface area contributed by atoms with E-state index >= 15 is 0 Å². The van der Waals surface area contributed by atoms with Crippen LogP contribution in [0.3, 0.4) is 0 Å². The van der Waals surface area contributed by atoms with Crippen LogP contribution in [0.15, 0.2) is 95.5 Å². The van der Waals surface area contributed by atoms with E-state index in [-0.39, 0.29) is 11.9 Å². The van der Waals surface area contributed by atoms with Crippen molar-refractivity contribution in [2.75, 3.05) is 10.6 Å². The lowest BCUT2D eigenvalue weighted by molar-refractivity contribution is -0.113. The molecule has 7 heteroatoms. The molecule has 1 aliphatic rings. The first-order valence-corrected chi connectivity index (χ1v) is 12.3. The lowest BCUT2D eigenvalue weighted by Gasteiger charge is -2.28. The topological polar surface area (TPSA) is 71.8 Å². The molecule has 1 atom stereocenters. The van der Waals surface area contributed by atoms with Gasteiger partial charge < -0.3 is 10.6 Å². The third kappa shape index (κ3) is 3.70. The number of carbonyl (C=O) groups is 1. The molecule has 6 rings (SSSR count). The largest absolute Gasteiger partial charge is 0.328 e. The van der Waals surface area contributed by atoms with Gasteiger partial charge in [0.25, 0.3) is 5.91 Å². The molecule has 0 aliphatic carbocycles. The number of thiophene rings is 1. The standard InChI is InChI=1S/C28H23N5OS/c1-17-15-16-35-25(17)24-23(27(34)30-20-11-4-3-5-12-20)18(2)29-28-31-26(32-33(24)28)22-14-8-10-19-9-6-7-13-21(19)22/h3-16,24H,1-2H3,(H,30,34)(H,29,31,32). The second-order valence-electron chi connectivity index (χ2n) is 8.58. The van der Waals surface area contributed by atoms with Crippen molar-refractivity contribution in [3.8, 4) is 11.4 Å². The van der Waals surface area contributed by atoms with Gasteiger partial charge in [-0.05, 0) is 53.8 Å². The number of hydrogen-bond acceptors (Lipinski definition) is 5. The van der Waals surface area contributed by atoms with Crippen molar-refractivity contribution in [1.29, 1.82) is 0 Å². The molecule has 0 saturated carbocycles. The van der Waals surface area contributed by atoms with Crippen molar-refractivity contribution in [3.63, 3.8) is 0 Å². The number of benzene rings is 3. The van der Waals surface area contributed by atoms with Crippen LogP contribution >= 0.6 is 11.3 Å². The number of aromatic nitrogens is 3. The van der Waals surface area contributed by atoms with Crippen LogP contribution in [0.5, 0.6) is 0 Å². The molecule has 172 valence electrons. The number of rotatable bonds is 4. The Balaban J connectivity index is 1.48. The maximum Gasteiger partial charge on any atom is 0.255 e. The summed E-state index contributed by atoms with van der Waals surface area (Å²) in [4.78, 5) is 19.5. The molecule has 0 spiro atoms. The van der Waals surface area contributed by atoms with Crippen molar-refractivity contribution in [1.82, 2.24) is 14.8 Å². The lowest BCUT2D eigenvalue weighted by Crippen LogP contribution is -2.31. The molecule has 2 aromatic heterocycles. The zero-order valence-electron chi connectivity index (χ0n) is 19.3. The molecule has 2 N–H and O–H groups in total. The van der Waals surface area contributed by atoms with Gasteiger partial charge in [-0.2, -0.15) is 4.98 Å². The SMILES string of the molecule is CC1=C(C(=O)Nc2ccccc2)C(c2sccc2C)n2nc(-c3cccc4ccccc34)nc2N1. The Morgan fingerprint density at radius 2 is 1.74 bits per heavy atom. The monoisotopic (exact) mass is 477 g/mol. The quantitative estimate of drug-likeness (QED) is 0.314. The minimum atomic E-state index is -0.383.